The van der Waals surface area contributed by atoms with E-state index in [2.05, 4.69) is 74.5 Å². The van der Waals surface area contributed by atoms with E-state index >= 15 is 0 Å². The maximum absolute atomic E-state index is 5.09. The maximum Gasteiger partial charge on any atom is 0.127 e. The lowest BCUT2D eigenvalue weighted by Gasteiger charge is -2.42. The Morgan fingerprint density at radius 2 is 1.92 bits per heavy atom. The van der Waals surface area contributed by atoms with E-state index in [1.165, 1.54) is 11.3 Å². The second-order valence-electron chi connectivity index (χ2n) is 7.14. The van der Waals surface area contributed by atoms with E-state index in [0.717, 1.165) is 34.7 Å². The normalized spacial score (nSPS) is 15.7. The molecule has 0 amide bonds. The van der Waals surface area contributed by atoms with Crippen molar-refractivity contribution in [1.82, 2.24) is 4.98 Å². The van der Waals surface area contributed by atoms with Gasteiger partial charge in [-0.3, -0.25) is 9.98 Å². The van der Waals surface area contributed by atoms with Gasteiger partial charge < -0.3 is 4.90 Å². The number of aromatic nitrogens is 1. The van der Waals surface area contributed by atoms with E-state index in [1.807, 2.05) is 13.1 Å². The van der Waals surface area contributed by atoms with Crippen LogP contribution in [0.5, 0.6) is 0 Å². The SMILES string of the molecule is C=C(C)CN1c2ccccc2C(c2cnc(C)c(C)c2)=NC1(C)C. The molecular formula is C21H25N3. The first-order chi connectivity index (χ1) is 11.3. The summed E-state index contributed by atoms with van der Waals surface area (Å²) in [5, 5.41) is 0. The number of rotatable bonds is 3. The summed E-state index contributed by atoms with van der Waals surface area (Å²) in [6.07, 6.45) is 1.93. The molecule has 3 heteroatoms. The quantitative estimate of drug-likeness (QED) is 0.769. The van der Waals surface area contributed by atoms with Crippen molar-refractivity contribution >= 4 is 11.4 Å². The smallest absolute Gasteiger partial charge is 0.127 e. The lowest BCUT2D eigenvalue weighted by molar-refractivity contribution is 0.489. The van der Waals surface area contributed by atoms with Crippen molar-refractivity contribution < 1.29 is 0 Å². The Balaban J connectivity index is 2.19. The van der Waals surface area contributed by atoms with E-state index in [0.29, 0.717) is 0 Å². The topological polar surface area (TPSA) is 28.5 Å². The first-order valence-corrected chi connectivity index (χ1v) is 8.34. The molecule has 3 rings (SSSR count). The highest BCUT2D eigenvalue weighted by Crippen LogP contribution is 2.36. The molecule has 0 fully saturated rings. The zero-order chi connectivity index (χ0) is 17.5. The molecular weight excluding hydrogens is 294 g/mol. The second kappa shape index (κ2) is 5.90. The number of para-hydroxylation sites is 1. The van der Waals surface area contributed by atoms with Crippen molar-refractivity contribution in [3.05, 3.63) is 71.1 Å². The molecule has 0 saturated heterocycles. The monoisotopic (exact) mass is 319 g/mol. The van der Waals surface area contributed by atoms with E-state index in [-0.39, 0.29) is 5.66 Å². The van der Waals surface area contributed by atoms with Crippen molar-refractivity contribution in [3.63, 3.8) is 0 Å². The summed E-state index contributed by atoms with van der Waals surface area (Å²) < 4.78 is 0. The van der Waals surface area contributed by atoms with Gasteiger partial charge >= 0.3 is 0 Å². The van der Waals surface area contributed by atoms with Gasteiger partial charge in [0, 0.05) is 35.2 Å². The summed E-state index contributed by atoms with van der Waals surface area (Å²) in [4.78, 5) is 11.9. The van der Waals surface area contributed by atoms with Gasteiger partial charge in [-0.1, -0.05) is 30.4 Å². The standard InChI is InChI=1S/C21H25N3/c1-14(2)13-24-19-10-8-7-9-18(19)20(23-21(24,5)6)17-11-15(3)16(4)22-12-17/h7-12H,1,13H2,2-6H3. The number of nitrogens with zero attached hydrogens (tertiary/aromatic N) is 3. The number of hydrogen-bond acceptors (Lipinski definition) is 3. The molecule has 0 atom stereocenters. The highest BCUT2D eigenvalue weighted by atomic mass is 15.3. The lowest BCUT2D eigenvalue weighted by atomic mass is 9.94. The molecule has 0 spiro atoms. The summed E-state index contributed by atoms with van der Waals surface area (Å²) in [6.45, 7) is 15.4. The van der Waals surface area contributed by atoms with Gasteiger partial charge in [-0.25, -0.2) is 0 Å². The number of anilines is 1. The zero-order valence-corrected chi connectivity index (χ0v) is 15.2. The van der Waals surface area contributed by atoms with Crippen molar-refractivity contribution in [1.29, 1.82) is 0 Å². The van der Waals surface area contributed by atoms with E-state index in [9.17, 15) is 0 Å². The Kier molecular flexibility index (Phi) is 4.04. The Bertz CT molecular complexity index is 831. The van der Waals surface area contributed by atoms with E-state index in [1.54, 1.807) is 0 Å². The summed E-state index contributed by atoms with van der Waals surface area (Å²) in [6, 6.07) is 10.7. The number of benzene rings is 1. The summed E-state index contributed by atoms with van der Waals surface area (Å²) >= 11 is 0. The van der Waals surface area contributed by atoms with Crippen LogP contribution < -0.4 is 4.90 Å². The molecule has 1 aliphatic heterocycles. The summed E-state index contributed by atoms with van der Waals surface area (Å²) in [7, 11) is 0. The van der Waals surface area contributed by atoms with Gasteiger partial charge in [-0.15, -0.1) is 0 Å². The Hall–Kier alpha value is -2.42. The molecule has 3 nitrogen and oxygen atoms in total. The van der Waals surface area contributed by atoms with E-state index in [4.69, 9.17) is 4.99 Å². The van der Waals surface area contributed by atoms with Crippen LogP contribution in [0.1, 0.15) is 43.2 Å². The van der Waals surface area contributed by atoms with Crippen LogP contribution in [-0.2, 0) is 0 Å². The number of pyridine rings is 1. The van der Waals surface area contributed by atoms with Crippen LogP contribution in [0.4, 0.5) is 5.69 Å². The molecule has 2 aromatic rings. The first-order valence-electron chi connectivity index (χ1n) is 8.34. The fraction of sp³-hybridized carbons (Fsp3) is 0.333. The molecule has 1 aliphatic rings. The van der Waals surface area contributed by atoms with Crippen LogP contribution in [0.3, 0.4) is 0 Å². The van der Waals surface area contributed by atoms with Gasteiger partial charge in [0.1, 0.15) is 5.66 Å². The third-order valence-corrected chi connectivity index (χ3v) is 4.54. The van der Waals surface area contributed by atoms with Crippen LogP contribution in [0.15, 0.2) is 53.7 Å². The number of aliphatic imine (C=N–C) groups is 1. The third kappa shape index (κ3) is 2.86. The Morgan fingerprint density at radius 1 is 1.21 bits per heavy atom. The predicted molar refractivity (Wildman–Crippen MR) is 102 cm³/mol. The van der Waals surface area contributed by atoms with Gasteiger partial charge in [0.15, 0.2) is 0 Å². The largest absolute Gasteiger partial charge is 0.343 e. The molecule has 24 heavy (non-hydrogen) atoms. The highest BCUT2D eigenvalue weighted by Gasteiger charge is 2.34. The fourth-order valence-corrected chi connectivity index (χ4v) is 3.14. The lowest BCUT2D eigenvalue weighted by Crippen LogP contribution is -2.47. The summed E-state index contributed by atoms with van der Waals surface area (Å²) in [5.74, 6) is 0. The number of aryl methyl sites for hydroxylation is 2. The predicted octanol–water partition coefficient (Wildman–Crippen LogP) is 4.67. The first kappa shape index (κ1) is 16.4. The Morgan fingerprint density at radius 3 is 2.58 bits per heavy atom. The zero-order valence-electron chi connectivity index (χ0n) is 15.2. The average molecular weight is 319 g/mol. The van der Waals surface area contributed by atoms with Gasteiger partial charge in [-0.2, -0.15) is 0 Å². The van der Waals surface area contributed by atoms with Crippen LogP contribution in [0.2, 0.25) is 0 Å². The van der Waals surface area contributed by atoms with Gasteiger partial charge in [0.05, 0.1) is 5.71 Å². The highest BCUT2D eigenvalue weighted by molar-refractivity contribution is 6.17. The van der Waals surface area contributed by atoms with Crippen molar-refractivity contribution in [3.8, 4) is 0 Å². The minimum atomic E-state index is -0.332. The molecule has 0 unspecified atom stereocenters. The minimum absolute atomic E-state index is 0.332. The van der Waals surface area contributed by atoms with E-state index < -0.39 is 0 Å². The second-order valence-corrected chi connectivity index (χ2v) is 7.14. The van der Waals surface area contributed by atoms with Gasteiger partial charge in [0.25, 0.3) is 0 Å². The number of fused-ring (bicyclic) bond motifs is 1. The van der Waals surface area contributed by atoms with Crippen LogP contribution >= 0.6 is 0 Å². The molecule has 2 heterocycles. The Labute approximate surface area is 144 Å². The minimum Gasteiger partial charge on any atom is -0.343 e. The average Bonchev–Trinajstić information content (AvgIpc) is 2.52. The molecule has 0 radical (unpaired) electrons. The molecule has 0 bridgehead atoms. The molecule has 124 valence electrons. The van der Waals surface area contributed by atoms with Crippen molar-refractivity contribution in [2.45, 2.75) is 40.3 Å². The van der Waals surface area contributed by atoms with Gasteiger partial charge in [0.2, 0.25) is 0 Å². The van der Waals surface area contributed by atoms with Gasteiger partial charge in [-0.05, 0) is 52.3 Å². The molecule has 1 aromatic carbocycles. The van der Waals surface area contributed by atoms with Crippen LogP contribution in [0.25, 0.3) is 0 Å². The maximum atomic E-state index is 5.09. The fourth-order valence-electron chi connectivity index (χ4n) is 3.14. The van der Waals surface area contributed by atoms with Crippen LogP contribution in [-0.4, -0.2) is 22.9 Å². The third-order valence-electron chi connectivity index (χ3n) is 4.54. The molecule has 1 aromatic heterocycles. The van der Waals surface area contributed by atoms with Crippen molar-refractivity contribution in [2.24, 2.45) is 4.99 Å². The van der Waals surface area contributed by atoms with Crippen molar-refractivity contribution in [2.75, 3.05) is 11.4 Å². The van der Waals surface area contributed by atoms with Crippen LogP contribution in [0, 0.1) is 13.8 Å². The molecule has 0 N–H and O–H groups in total. The molecule has 0 aliphatic carbocycles. The molecule has 0 saturated carbocycles. The summed E-state index contributed by atoms with van der Waals surface area (Å²) in [5.41, 5.74) is 7.50. The number of hydrogen-bond donors (Lipinski definition) is 0.